The average Bonchev–Trinajstić information content (AvgIpc) is 2.08. The van der Waals surface area contributed by atoms with Crippen molar-refractivity contribution in [3.8, 4) is 0 Å². The maximum Gasteiger partial charge on any atom is 0.333 e. The van der Waals surface area contributed by atoms with Gasteiger partial charge in [-0.25, -0.2) is 4.79 Å². The van der Waals surface area contributed by atoms with Gasteiger partial charge < -0.3 is 9.84 Å². The van der Waals surface area contributed by atoms with Gasteiger partial charge in [-0.15, -0.1) is 0 Å². The van der Waals surface area contributed by atoms with Crippen molar-refractivity contribution in [2.45, 2.75) is 44.8 Å². The first-order valence-corrected chi connectivity index (χ1v) is 4.64. The fourth-order valence-corrected chi connectivity index (χ4v) is 1.42. The lowest BCUT2D eigenvalue weighted by Gasteiger charge is -2.25. The van der Waals surface area contributed by atoms with E-state index >= 15 is 0 Å². The van der Waals surface area contributed by atoms with E-state index in [2.05, 4.69) is 6.58 Å². The number of aliphatic hydroxyl groups excluding tert-OH is 1. The van der Waals surface area contributed by atoms with Crippen molar-refractivity contribution in [3.63, 3.8) is 0 Å². The van der Waals surface area contributed by atoms with E-state index < -0.39 is 0 Å². The molecule has 0 spiro atoms. The van der Waals surface area contributed by atoms with Crippen LogP contribution in [-0.2, 0) is 9.53 Å². The molecule has 3 heteroatoms. The SMILES string of the molecule is C=C(C)C(=O)OC1CCC(O)CC1. The highest BCUT2D eigenvalue weighted by atomic mass is 16.5. The summed E-state index contributed by atoms with van der Waals surface area (Å²) in [6, 6.07) is 0. The number of aliphatic hydroxyl groups is 1. The van der Waals surface area contributed by atoms with Gasteiger partial charge >= 0.3 is 5.97 Å². The molecule has 0 aromatic carbocycles. The number of hydrogen-bond donors (Lipinski definition) is 1. The molecule has 3 nitrogen and oxygen atoms in total. The second-order valence-electron chi connectivity index (χ2n) is 3.62. The van der Waals surface area contributed by atoms with Gasteiger partial charge in [0.25, 0.3) is 0 Å². The molecule has 1 fully saturated rings. The predicted octanol–water partition coefficient (Wildman–Crippen LogP) is 1.41. The van der Waals surface area contributed by atoms with Gasteiger partial charge in [0.1, 0.15) is 6.10 Å². The van der Waals surface area contributed by atoms with Crippen molar-refractivity contribution in [2.24, 2.45) is 0 Å². The highest BCUT2D eigenvalue weighted by Crippen LogP contribution is 2.21. The van der Waals surface area contributed by atoms with E-state index in [0.717, 1.165) is 25.7 Å². The summed E-state index contributed by atoms with van der Waals surface area (Å²) in [6.45, 7) is 5.15. The van der Waals surface area contributed by atoms with E-state index in [-0.39, 0.29) is 18.2 Å². The Morgan fingerprint density at radius 2 is 1.92 bits per heavy atom. The number of ether oxygens (including phenoxy) is 1. The van der Waals surface area contributed by atoms with Crippen molar-refractivity contribution in [1.29, 1.82) is 0 Å². The fraction of sp³-hybridized carbons (Fsp3) is 0.700. The molecule has 0 unspecified atom stereocenters. The van der Waals surface area contributed by atoms with Gasteiger partial charge in [-0.1, -0.05) is 6.58 Å². The van der Waals surface area contributed by atoms with Crippen molar-refractivity contribution in [2.75, 3.05) is 0 Å². The molecule has 74 valence electrons. The van der Waals surface area contributed by atoms with Gasteiger partial charge in [0.05, 0.1) is 6.10 Å². The smallest absolute Gasteiger partial charge is 0.333 e. The molecule has 0 amide bonds. The minimum absolute atomic E-state index is 0.0207. The Morgan fingerprint density at radius 3 is 2.38 bits per heavy atom. The second-order valence-corrected chi connectivity index (χ2v) is 3.62. The van der Waals surface area contributed by atoms with Crippen molar-refractivity contribution in [1.82, 2.24) is 0 Å². The van der Waals surface area contributed by atoms with Crippen LogP contribution in [0.1, 0.15) is 32.6 Å². The number of rotatable bonds is 2. The zero-order valence-electron chi connectivity index (χ0n) is 7.95. The summed E-state index contributed by atoms with van der Waals surface area (Å²) in [6.07, 6.45) is 2.76. The van der Waals surface area contributed by atoms with Crippen molar-refractivity contribution in [3.05, 3.63) is 12.2 Å². The summed E-state index contributed by atoms with van der Waals surface area (Å²) in [5.74, 6) is -0.318. The van der Waals surface area contributed by atoms with Crippen LogP contribution < -0.4 is 0 Å². The van der Waals surface area contributed by atoms with E-state index in [4.69, 9.17) is 4.74 Å². The number of hydrogen-bond acceptors (Lipinski definition) is 3. The zero-order valence-corrected chi connectivity index (χ0v) is 7.95. The molecule has 1 saturated carbocycles. The first-order chi connectivity index (χ1) is 6.09. The first kappa shape index (κ1) is 10.3. The maximum atomic E-state index is 11.1. The quantitative estimate of drug-likeness (QED) is 0.521. The highest BCUT2D eigenvalue weighted by Gasteiger charge is 2.22. The summed E-state index contributed by atoms with van der Waals surface area (Å²) in [7, 11) is 0. The molecule has 0 aliphatic heterocycles. The monoisotopic (exact) mass is 184 g/mol. The molecular weight excluding hydrogens is 168 g/mol. The lowest BCUT2D eigenvalue weighted by Crippen LogP contribution is -2.26. The molecule has 1 rings (SSSR count). The largest absolute Gasteiger partial charge is 0.459 e. The average molecular weight is 184 g/mol. The van der Waals surface area contributed by atoms with Crippen LogP contribution in [0.2, 0.25) is 0 Å². The normalized spacial score (nSPS) is 28.2. The van der Waals surface area contributed by atoms with Gasteiger partial charge in [0.2, 0.25) is 0 Å². The Morgan fingerprint density at radius 1 is 1.38 bits per heavy atom. The lowest BCUT2D eigenvalue weighted by atomic mass is 9.95. The molecule has 1 aliphatic rings. The highest BCUT2D eigenvalue weighted by molar-refractivity contribution is 5.87. The van der Waals surface area contributed by atoms with Gasteiger partial charge in [0.15, 0.2) is 0 Å². The van der Waals surface area contributed by atoms with Crippen molar-refractivity contribution >= 4 is 5.97 Å². The molecule has 0 bridgehead atoms. The third kappa shape index (κ3) is 3.19. The van der Waals surface area contributed by atoms with E-state index in [1.807, 2.05) is 0 Å². The molecule has 0 aromatic rings. The molecular formula is C10H16O3. The van der Waals surface area contributed by atoms with E-state index in [0.29, 0.717) is 5.57 Å². The fourth-order valence-electron chi connectivity index (χ4n) is 1.42. The topological polar surface area (TPSA) is 46.5 Å². The minimum atomic E-state index is -0.318. The zero-order chi connectivity index (χ0) is 9.84. The molecule has 0 heterocycles. The van der Waals surface area contributed by atoms with Crippen LogP contribution in [0.4, 0.5) is 0 Å². The Bertz CT molecular complexity index is 202. The lowest BCUT2D eigenvalue weighted by molar-refractivity contribution is -0.146. The van der Waals surface area contributed by atoms with Crippen LogP contribution in [0.3, 0.4) is 0 Å². The Balaban J connectivity index is 2.30. The Labute approximate surface area is 78.4 Å². The molecule has 0 saturated heterocycles. The Hall–Kier alpha value is -0.830. The third-order valence-corrected chi connectivity index (χ3v) is 2.27. The number of carbonyl (C=O) groups excluding carboxylic acids is 1. The summed E-state index contributed by atoms with van der Waals surface area (Å²) in [4.78, 5) is 11.1. The predicted molar refractivity (Wildman–Crippen MR) is 49.2 cm³/mol. The minimum Gasteiger partial charge on any atom is -0.459 e. The molecule has 0 atom stereocenters. The van der Waals surface area contributed by atoms with E-state index in [1.165, 1.54) is 0 Å². The first-order valence-electron chi connectivity index (χ1n) is 4.64. The van der Waals surface area contributed by atoms with Crippen molar-refractivity contribution < 1.29 is 14.6 Å². The van der Waals surface area contributed by atoms with Gasteiger partial charge in [-0.2, -0.15) is 0 Å². The van der Waals surface area contributed by atoms with Gasteiger partial charge in [-0.05, 0) is 32.6 Å². The van der Waals surface area contributed by atoms with Gasteiger partial charge in [0, 0.05) is 5.57 Å². The van der Waals surface area contributed by atoms with E-state index in [9.17, 15) is 9.90 Å². The third-order valence-electron chi connectivity index (χ3n) is 2.27. The Kier molecular flexibility index (Phi) is 3.48. The summed E-state index contributed by atoms with van der Waals surface area (Å²) < 4.78 is 5.15. The van der Waals surface area contributed by atoms with E-state index in [1.54, 1.807) is 6.92 Å². The maximum absolute atomic E-state index is 11.1. The number of carbonyl (C=O) groups is 1. The summed E-state index contributed by atoms with van der Waals surface area (Å²) in [5.41, 5.74) is 0.436. The van der Waals surface area contributed by atoms with Gasteiger partial charge in [-0.3, -0.25) is 0 Å². The molecule has 0 aromatic heterocycles. The van der Waals surface area contributed by atoms with Crippen LogP contribution in [0, 0.1) is 0 Å². The van der Waals surface area contributed by atoms with Crippen LogP contribution in [-0.4, -0.2) is 23.3 Å². The molecule has 13 heavy (non-hydrogen) atoms. The summed E-state index contributed by atoms with van der Waals surface area (Å²) in [5, 5.41) is 9.21. The van der Waals surface area contributed by atoms with Crippen LogP contribution >= 0.6 is 0 Å². The summed E-state index contributed by atoms with van der Waals surface area (Å²) >= 11 is 0. The standard InChI is InChI=1S/C10H16O3/c1-7(2)10(12)13-9-5-3-8(11)4-6-9/h8-9,11H,1,3-6H2,2H3. The van der Waals surface area contributed by atoms with Crippen LogP contribution in [0.25, 0.3) is 0 Å². The second kappa shape index (κ2) is 4.42. The molecule has 0 radical (unpaired) electrons. The number of esters is 1. The van der Waals surface area contributed by atoms with Crippen LogP contribution in [0.5, 0.6) is 0 Å². The van der Waals surface area contributed by atoms with Crippen LogP contribution in [0.15, 0.2) is 12.2 Å². The molecule has 1 aliphatic carbocycles. The molecule has 1 N–H and O–H groups in total.